The minimum Gasteiger partial charge on any atom is -0.341 e. The van der Waals surface area contributed by atoms with Gasteiger partial charge in [-0.05, 0) is 6.54 Å². The fourth-order valence-corrected chi connectivity index (χ4v) is 2.31. The molecule has 2 aromatic heterocycles. The van der Waals surface area contributed by atoms with Gasteiger partial charge in [0.15, 0.2) is 11.0 Å². The van der Waals surface area contributed by atoms with Crippen LogP contribution in [0.5, 0.6) is 0 Å². The Hall–Kier alpha value is -1.94. The van der Waals surface area contributed by atoms with Crippen molar-refractivity contribution in [3.63, 3.8) is 0 Å². The van der Waals surface area contributed by atoms with Crippen LogP contribution < -0.4 is 5.73 Å². The van der Waals surface area contributed by atoms with Crippen molar-refractivity contribution < 1.29 is 9.32 Å². The molecule has 0 aliphatic heterocycles. The predicted molar refractivity (Wildman–Crippen MR) is 75.6 cm³/mol. The maximum Gasteiger partial charge on any atom is 0.316 e. The van der Waals surface area contributed by atoms with Crippen LogP contribution in [0.2, 0.25) is 0 Å². The molecule has 0 atom stereocenters. The van der Waals surface area contributed by atoms with Crippen molar-refractivity contribution in [1.82, 2.24) is 29.8 Å². The molecule has 2 N–H and O–H groups in total. The van der Waals surface area contributed by atoms with Crippen molar-refractivity contribution in [2.45, 2.75) is 17.3 Å². The normalized spacial score (nSPS) is 10.9. The summed E-state index contributed by atoms with van der Waals surface area (Å²) in [6, 6.07) is 0. The van der Waals surface area contributed by atoms with E-state index in [4.69, 9.17) is 10.3 Å². The van der Waals surface area contributed by atoms with Gasteiger partial charge < -0.3 is 19.7 Å². The fourth-order valence-electron chi connectivity index (χ4n) is 1.54. The molecule has 1 amide bonds. The van der Waals surface area contributed by atoms with E-state index in [0.717, 1.165) is 11.0 Å². The van der Waals surface area contributed by atoms with Gasteiger partial charge in [-0.3, -0.25) is 4.79 Å². The summed E-state index contributed by atoms with van der Waals surface area (Å²) in [4.78, 5) is 17.1. The number of carbonyl (C=O) groups is 1. The number of nitrogens with two attached hydrogens (primary N) is 1. The van der Waals surface area contributed by atoms with Crippen molar-refractivity contribution in [2.24, 2.45) is 12.8 Å². The van der Waals surface area contributed by atoms with E-state index in [2.05, 4.69) is 20.3 Å². The first-order valence-electron chi connectivity index (χ1n) is 6.28. The summed E-state index contributed by atoms with van der Waals surface area (Å²) < 4.78 is 6.80. The number of rotatable bonds is 6. The average molecular weight is 311 g/mol. The van der Waals surface area contributed by atoms with E-state index in [9.17, 15) is 4.79 Å². The molecule has 21 heavy (non-hydrogen) atoms. The Bertz CT molecular complexity index is 622. The van der Waals surface area contributed by atoms with Gasteiger partial charge in [-0.15, -0.1) is 10.2 Å². The maximum absolute atomic E-state index is 11.6. The Balaban J connectivity index is 1.99. The molecule has 2 aromatic rings. The quantitative estimate of drug-likeness (QED) is 0.722. The number of carbonyl (C=O) groups excluding carboxylic acids is 1. The molecule has 0 aromatic carbocycles. The zero-order valence-electron chi connectivity index (χ0n) is 12.1. The summed E-state index contributed by atoms with van der Waals surface area (Å²) in [6.07, 6.45) is 0.674. The van der Waals surface area contributed by atoms with Crippen LogP contribution in [-0.4, -0.2) is 56.4 Å². The van der Waals surface area contributed by atoms with Crippen LogP contribution in [-0.2, 0) is 19.2 Å². The number of aromatic nitrogens is 5. The van der Waals surface area contributed by atoms with Crippen molar-refractivity contribution >= 4 is 17.7 Å². The highest BCUT2D eigenvalue weighted by Gasteiger charge is 2.17. The van der Waals surface area contributed by atoms with E-state index in [1.54, 1.807) is 14.1 Å². The monoisotopic (exact) mass is 311 g/mol. The van der Waals surface area contributed by atoms with Crippen LogP contribution >= 0.6 is 11.8 Å². The molecule has 0 aliphatic rings. The predicted octanol–water partition coefficient (Wildman–Crippen LogP) is -0.307. The molecule has 0 aliphatic carbocycles. The Morgan fingerprint density at radius 2 is 2.19 bits per heavy atom. The molecule has 9 nitrogen and oxygen atoms in total. The Morgan fingerprint density at radius 1 is 1.43 bits per heavy atom. The van der Waals surface area contributed by atoms with Gasteiger partial charge in [0.05, 0.1) is 5.75 Å². The third-order valence-corrected chi connectivity index (χ3v) is 3.70. The highest BCUT2D eigenvalue weighted by molar-refractivity contribution is 7.98. The minimum absolute atomic E-state index is 0.0163. The molecule has 2 rings (SSSR count). The van der Waals surface area contributed by atoms with Crippen LogP contribution in [0.1, 0.15) is 22.3 Å². The number of amides is 1. The van der Waals surface area contributed by atoms with Crippen LogP contribution in [0.15, 0.2) is 9.68 Å². The molecule has 0 saturated heterocycles. The molecule has 10 heteroatoms. The number of hydrogen-bond acceptors (Lipinski definition) is 8. The summed E-state index contributed by atoms with van der Waals surface area (Å²) in [5.74, 6) is 1.38. The molecule has 0 fully saturated rings. The lowest BCUT2D eigenvalue weighted by Crippen LogP contribution is -2.21. The van der Waals surface area contributed by atoms with Crippen LogP contribution in [0.3, 0.4) is 0 Å². The topological polar surface area (TPSA) is 116 Å². The molecular weight excluding hydrogens is 294 g/mol. The summed E-state index contributed by atoms with van der Waals surface area (Å²) in [6.45, 7) is 0.525. The van der Waals surface area contributed by atoms with E-state index in [-0.39, 0.29) is 11.8 Å². The zero-order chi connectivity index (χ0) is 15.4. The van der Waals surface area contributed by atoms with Gasteiger partial charge in [0.2, 0.25) is 0 Å². The van der Waals surface area contributed by atoms with Gasteiger partial charge in [-0.1, -0.05) is 16.9 Å². The summed E-state index contributed by atoms with van der Waals surface area (Å²) >= 11 is 1.42. The van der Waals surface area contributed by atoms with Crippen molar-refractivity contribution in [3.8, 4) is 0 Å². The molecule has 0 unspecified atom stereocenters. The van der Waals surface area contributed by atoms with E-state index in [1.807, 2.05) is 11.6 Å². The zero-order valence-corrected chi connectivity index (χ0v) is 12.9. The third-order valence-electron chi connectivity index (χ3n) is 2.68. The average Bonchev–Trinajstić information content (AvgIpc) is 3.05. The van der Waals surface area contributed by atoms with E-state index < -0.39 is 0 Å². The molecule has 114 valence electrons. The van der Waals surface area contributed by atoms with Gasteiger partial charge in [-0.25, -0.2) is 0 Å². The first-order chi connectivity index (χ1) is 10.0. The highest BCUT2D eigenvalue weighted by atomic mass is 32.2. The number of thioether (sulfide) groups is 1. The lowest BCUT2D eigenvalue weighted by molar-refractivity contribution is 0.0779. The fraction of sp³-hybridized carbons (Fsp3) is 0.545. The standard InChI is InChI=1S/C11H17N7O2S/c1-17(2)10(19)9-13-7(16-20-9)6-21-11-15-14-8(4-5-12)18(11)3/h4-6,12H2,1-3H3. The Labute approximate surface area is 125 Å². The molecule has 0 spiro atoms. The molecule has 0 saturated carbocycles. The SMILES string of the molecule is CN(C)C(=O)c1nc(CSc2nnc(CCN)n2C)no1. The second-order valence-corrected chi connectivity index (χ2v) is 5.44. The second-order valence-electron chi connectivity index (χ2n) is 4.50. The third kappa shape index (κ3) is 3.58. The van der Waals surface area contributed by atoms with Crippen molar-refractivity contribution in [2.75, 3.05) is 20.6 Å². The van der Waals surface area contributed by atoms with Crippen molar-refractivity contribution in [1.29, 1.82) is 0 Å². The highest BCUT2D eigenvalue weighted by Crippen LogP contribution is 2.19. The molecular formula is C11H17N7O2S. The van der Waals surface area contributed by atoms with Gasteiger partial charge >= 0.3 is 11.8 Å². The first-order valence-corrected chi connectivity index (χ1v) is 7.27. The van der Waals surface area contributed by atoms with Crippen LogP contribution in [0.4, 0.5) is 0 Å². The van der Waals surface area contributed by atoms with Crippen LogP contribution in [0.25, 0.3) is 0 Å². The summed E-state index contributed by atoms with van der Waals surface area (Å²) in [5.41, 5.74) is 5.50. The van der Waals surface area contributed by atoms with Gasteiger partial charge in [0.25, 0.3) is 0 Å². The lowest BCUT2D eigenvalue weighted by atomic mass is 10.4. The van der Waals surface area contributed by atoms with Gasteiger partial charge in [0.1, 0.15) is 5.82 Å². The van der Waals surface area contributed by atoms with Crippen molar-refractivity contribution in [3.05, 3.63) is 17.5 Å². The van der Waals surface area contributed by atoms with Crippen LogP contribution in [0, 0.1) is 0 Å². The van der Waals surface area contributed by atoms with E-state index in [0.29, 0.717) is 24.5 Å². The van der Waals surface area contributed by atoms with E-state index >= 15 is 0 Å². The Morgan fingerprint density at radius 3 is 2.86 bits per heavy atom. The van der Waals surface area contributed by atoms with Gasteiger partial charge in [-0.2, -0.15) is 4.98 Å². The number of hydrogen-bond donors (Lipinski definition) is 1. The Kier molecular flexibility index (Phi) is 4.91. The molecule has 2 heterocycles. The smallest absolute Gasteiger partial charge is 0.316 e. The summed E-state index contributed by atoms with van der Waals surface area (Å²) in [5, 5.41) is 12.7. The van der Waals surface area contributed by atoms with Gasteiger partial charge in [0, 0.05) is 27.6 Å². The molecule has 0 radical (unpaired) electrons. The first kappa shape index (κ1) is 15.4. The maximum atomic E-state index is 11.6. The minimum atomic E-state index is -0.317. The number of nitrogens with zero attached hydrogens (tertiary/aromatic N) is 6. The molecule has 0 bridgehead atoms. The van der Waals surface area contributed by atoms with E-state index in [1.165, 1.54) is 16.7 Å². The second kappa shape index (κ2) is 6.68. The lowest BCUT2D eigenvalue weighted by Gasteiger charge is -2.04. The summed E-state index contributed by atoms with van der Waals surface area (Å²) in [7, 11) is 5.13. The largest absolute Gasteiger partial charge is 0.341 e.